The average molecular weight is 143 g/mol. The molecule has 0 unspecified atom stereocenters. The second kappa shape index (κ2) is 3.94. The average Bonchev–Trinajstić information content (AvgIpc) is 2.71. The molecule has 1 saturated carbocycles. The lowest BCUT2D eigenvalue weighted by molar-refractivity contribution is 0.117. The van der Waals surface area contributed by atoms with Crippen molar-refractivity contribution in [3.05, 3.63) is 0 Å². The fourth-order valence-electron chi connectivity index (χ4n) is 0.896. The van der Waals surface area contributed by atoms with E-state index in [1.165, 1.54) is 19.4 Å². The third kappa shape index (κ3) is 3.18. The van der Waals surface area contributed by atoms with Crippen LogP contribution in [-0.4, -0.2) is 26.3 Å². The monoisotopic (exact) mass is 143 g/mol. The molecule has 0 saturated heterocycles. The first-order valence-electron chi connectivity index (χ1n) is 4.06. The minimum Gasteiger partial charge on any atom is -0.380 e. The van der Waals surface area contributed by atoms with E-state index in [2.05, 4.69) is 12.2 Å². The largest absolute Gasteiger partial charge is 0.380 e. The van der Waals surface area contributed by atoms with Gasteiger partial charge < -0.3 is 10.1 Å². The van der Waals surface area contributed by atoms with Crippen LogP contribution < -0.4 is 5.32 Å². The highest BCUT2D eigenvalue weighted by atomic mass is 16.5. The molecule has 0 aromatic rings. The van der Waals surface area contributed by atoms with E-state index >= 15 is 0 Å². The molecular formula is C8H17NO. The van der Waals surface area contributed by atoms with Gasteiger partial charge >= 0.3 is 0 Å². The molecule has 0 aromatic carbocycles. The summed E-state index contributed by atoms with van der Waals surface area (Å²) in [7, 11) is 1.75. The van der Waals surface area contributed by atoms with Crippen molar-refractivity contribution in [3.63, 3.8) is 0 Å². The Hall–Kier alpha value is -0.0800. The molecule has 0 bridgehead atoms. The number of hydrogen-bond acceptors (Lipinski definition) is 2. The molecule has 0 spiro atoms. The van der Waals surface area contributed by atoms with Gasteiger partial charge in [-0.05, 0) is 32.2 Å². The van der Waals surface area contributed by atoms with Gasteiger partial charge in [-0.25, -0.2) is 0 Å². The van der Waals surface area contributed by atoms with Crippen LogP contribution in [0.4, 0.5) is 0 Å². The fraction of sp³-hybridized carbons (Fsp3) is 1.00. The third-order valence-electron chi connectivity index (χ3n) is 1.96. The molecule has 0 aromatic heterocycles. The molecule has 10 heavy (non-hydrogen) atoms. The van der Waals surface area contributed by atoms with Gasteiger partial charge in [-0.2, -0.15) is 0 Å². The number of rotatable bonds is 5. The number of methoxy groups -OCH3 is 1. The van der Waals surface area contributed by atoms with Crippen LogP contribution in [-0.2, 0) is 4.74 Å². The number of hydrogen-bond donors (Lipinski definition) is 1. The van der Waals surface area contributed by atoms with Crippen LogP contribution in [0.2, 0.25) is 0 Å². The summed E-state index contributed by atoms with van der Waals surface area (Å²) in [5.41, 5.74) is 0. The Balaban J connectivity index is 1.83. The Bertz CT molecular complexity index is 91.3. The van der Waals surface area contributed by atoms with Crippen LogP contribution in [0.3, 0.4) is 0 Å². The Morgan fingerprint density at radius 1 is 1.60 bits per heavy atom. The second-order valence-corrected chi connectivity index (χ2v) is 3.15. The molecule has 1 N–H and O–H groups in total. The van der Waals surface area contributed by atoms with Gasteiger partial charge in [-0.15, -0.1) is 0 Å². The molecule has 1 aliphatic rings. The topological polar surface area (TPSA) is 21.3 Å². The lowest BCUT2D eigenvalue weighted by Crippen LogP contribution is -2.27. The van der Waals surface area contributed by atoms with E-state index in [1.54, 1.807) is 7.11 Å². The quantitative estimate of drug-likeness (QED) is 0.620. The predicted octanol–water partition coefficient (Wildman–Crippen LogP) is 1.02. The summed E-state index contributed by atoms with van der Waals surface area (Å²) in [6.45, 7) is 4.26. The summed E-state index contributed by atoms with van der Waals surface area (Å²) in [6.07, 6.45) is 3.21. The van der Waals surface area contributed by atoms with Crippen molar-refractivity contribution in [1.82, 2.24) is 5.32 Å². The first kappa shape index (κ1) is 8.02. The van der Waals surface area contributed by atoms with Crippen molar-refractivity contribution in [2.75, 3.05) is 20.2 Å². The molecule has 60 valence electrons. The highest BCUT2D eigenvalue weighted by Gasteiger charge is 2.20. The first-order valence-corrected chi connectivity index (χ1v) is 4.06. The molecule has 0 amide bonds. The standard InChI is InChI=1S/C8H17NO/c1-7(10-2)5-9-6-8-3-4-8/h7-9H,3-6H2,1-2H3/t7-/m1/s1. The highest BCUT2D eigenvalue weighted by Crippen LogP contribution is 2.27. The SMILES string of the molecule is CO[C@H](C)CNCC1CC1. The normalized spacial score (nSPS) is 21.0. The van der Waals surface area contributed by atoms with Gasteiger partial charge in [-0.3, -0.25) is 0 Å². The van der Waals surface area contributed by atoms with E-state index in [4.69, 9.17) is 4.74 Å². The summed E-state index contributed by atoms with van der Waals surface area (Å²) in [5.74, 6) is 0.976. The zero-order chi connectivity index (χ0) is 7.40. The molecule has 0 aliphatic heterocycles. The van der Waals surface area contributed by atoms with Gasteiger partial charge in [0, 0.05) is 13.7 Å². The van der Waals surface area contributed by atoms with E-state index in [-0.39, 0.29) is 0 Å². The smallest absolute Gasteiger partial charge is 0.0667 e. The van der Waals surface area contributed by atoms with E-state index in [0.29, 0.717) is 6.10 Å². The molecule has 0 radical (unpaired) electrons. The van der Waals surface area contributed by atoms with Crippen LogP contribution in [0.25, 0.3) is 0 Å². The van der Waals surface area contributed by atoms with Crippen molar-refractivity contribution in [2.45, 2.75) is 25.9 Å². The van der Waals surface area contributed by atoms with Crippen molar-refractivity contribution in [2.24, 2.45) is 5.92 Å². The Kier molecular flexibility index (Phi) is 3.16. The van der Waals surface area contributed by atoms with Crippen molar-refractivity contribution < 1.29 is 4.74 Å². The number of ether oxygens (including phenoxy) is 1. The molecule has 2 heteroatoms. The minimum atomic E-state index is 0.360. The fourth-order valence-corrected chi connectivity index (χ4v) is 0.896. The van der Waals surface area contributed by atoms with Gasteiger partial charge in [0.25, 0.3) is 0 Å². The first-order chi connectivity index (χ1) is 4.83. The van der Waals surface area contributed by atoms with E-state index in [9.17, 15) is 0 Å². The van der Waals surface area contributed by atoms with Crippen LogP contribution >= 0.6 is 0 Å². The van der Waals surface area contributed by atoms with Gasteiger partial charge in [0.15, 0.2) is 0 Å². The molecule has 1 fully saturated rings. The van der Waals surface area contributed by atoms with Crippen molar-refractivity contribution in [3.8, 4) is 0 Å². The maximum Gasteiger partial charge on any atom is 0.0667 e. The zero-order valence-corrected chi connectivity index (χ0v) is 6.89. The predicted molar refractivity (Wildman–Crippen MR) is 42.1 cm³/mol. The number of nitrogens with one attached hydrogen (secondary N) is 1. The van der Waals surface area contributed by atoms with Gasteiger partial charge in [0.1, 0.15) is 0 Å². The molecular weight excluding hydrogens is 126 g/mol. The lowest BCUT2D eigenvalue weighted by Gasteiger charge is -2.09. The molecule has 1 aliphatic carbocycles. The van der Waals surface area contributed by atoms with Gasteiger partial charge in [-0.1, -0.05) is 0 Å². The third-order valence-corrected chi connectivity index (χ3v) is 1.96. The Labute approximate surface area is 63.0 Å². The maximum absolute atomic E-state index is 5.09. The minimum absolute atomic E-state index is 0.360. The van der Waals surface area contributed by atoms with E-state index in [0.717, 1.165) is 12.5 Å². The molecule has 0 heterocycles. The maximum atomic E-state index is 5.09. The summed E-state index contributed by atoms with van der Waals surface area (Å²) in [4.78, 5) is 0. The van der Waals surface area contributed by atoms with Crippen LogP contribution in [0.1, 0.15) is 19.8 Å². The molecule has 1 atom stereocenters. The molecule has 1 rings (SSSR count). The highest BCUT2D eigenvalue weighted by molar-refractivity contribution is 4.75. The van der Waals surface area contributed by atoms with E-state index in [1.807, 2.05) is 0 Å². The zero-order valence-electron chi connectivity index (χ0n) is 6.89. The summed E-state index contributed by atoms with van der Waals surface area (Å²) in [5, 5.41) is 3.37. The van der Waals surface area contributed by atoms with Gasteiger partial charge in [0.05, 0.1) is 6.10 Å². The summed E-state index contributed by atoms with van der Waals surface area (Å²) < 4.78 is 5.09. The molecule has 2 nitrogen and oxygen atoms in total. The summed E-state index contributed by atoms with van der Waals surface area (Å²) >= 11 is 0. The summed E-state index contributed by atoms with van der Waals surface area (Å²) in [6, 6.07) is 0. The van der Waals surface area contributed by atoms with Gasteiger partial charge in [0.2, 0.25) is 0 Å². The van der Waals surface area contributed by atoms with E-state index < -0.39 is 0 Å². The van der Waals surface area contributed by atoms with Crippen LogP contribution in [0.15, 0.2) is 0 Å². The van der Waals surface area contributed by atoms with Crippen LogP contribution in [0.5, 0.6) is 0 Å². The van der Waals surface area contributed by atoms with Crippen LogP contribution in [0, 0.1) is 5.92 Å². The lowest BCUT2D eigenvalue weighted by atomic mass is 10.3. The Morgan fingerprint density at radius 3 is 2.80 bits per heavy atom. The van der Waals surface area contributed by atoms with Crippen molar-refractivity contribution in [1.29, 1.82) is 0 Å². The van der Waals surface area contributed by atoms with Crippen molar-refractivity contribution >= 4 is 0 Å². The Morgan fingerprint density at radius 2 is 2.30 bits per heavy atom. The second-order valence-electron chi connectivity index (χ2n) is 3.15.